The van der Waals surface area contributed by atoms with Gasteiger partial charge in [0.2, 0.25) is 0 Å². The van der Waals surface area contributed by atoms with Crippen LogP contribution in [-0.4, -0.2) is 30.1 Å². The monoisotopic (exact) mass is 262 g/mol. The zero-order valence-electron chi connectivity index (χ0n) is 13.2. The Morgan fingerprint density at radius 2 is 1.68 bits per heavy atom. The molecule has 1 aromatic rings. The van der Waals surface area contributed by atoms with Gasteiger partial charge in [-0.15, -0.1) is 0 Å². The van der Waals surface area contributed by atoms with Gasteiger partial charge in [0.05, 0.1) is 0 Å². The van der Waals surface area contributed by atoms with Crippen LogP contribution in [0, 0.1) is 0 Å². The van der Waals surface area contributed by atoms with Crippen LogP contribution in [0.15, 0.2) is 30.3 Å². The number of nitrogens with one attached hydrogen (secondary N) is 1. The first kappa shape index (κ1) is 16.2. The van der Waals surface area contributed by atoms with Crippen molar-refractivity contribution in [1.82, 2.24) is 10.2 Å². The molecular formula is C17H30N2. The van der Waals surface area contributed by atoms with Crippen molar-refractivity contribution < 1.29 is 0 Å². The van der Waals surface area contributed by atoms with E-state index >= 15 is 0 Å². The summed E-state index contributed by atoms with van der Waals surface area (Å²) in [6.07, 6.45) is 1.20. The average molecular weight is 262 g/mol. The second-order valence-electron chi connectivity index (χ2n) is 5.27. The van der Waals surface area contributed by atoms with Crippen LogP contribution < -0.4 is 5.32 Å². The zero-order chi connectivity index (χ0) is 14.3. The lowest BCUT2D eigenvalue weighted by Gasteiger charge is -2.38. The molecule has 1 rings (SSSR count). The van der Waals surface area contributed by atoms with Gasteiger partial charge in [-0.25, -0.2) is 0 Å². The summed E-state index contributed by atoms with van der Waals surface area (Å²) < 4.78 is 0. The summed E-state index contributed by atoms with van der Waals surface area (Å²) in [7, 11) is 0. The Labute approximate surface area is 119 Å². The van der Waals surface area contributed by atoms with Crippen molar-refractivity contribution in [3.63, 3.8) is 0 Å². The van der Waals surface area contributed by atoms with Crippen LogP contribution >= 0.6 is 0 Å². The van der Waals surface area contributed by atoms with E-state index in [0.717, 1.165) is 13.1 Å². The molecular weight excluding hydrogens is 232 g/mol. The van der Waals surface area contributed by atoms with Crippen molar-refractivity contribution >= 4 is 0 Å². The van der Waals surface area contributed by atoms with Gasteiger partial charge in [0, 0.05) is 18.1 Å². The summed E-state index contributed by atoms with van der Waals surface area (Å²) in [6, 6.07) is 12.3. The largest absolute Gasteiger partial charge is 0.309 e. The molecule has 0 saturated carbocycles. The molecule has 3 unspecified atom stereocenters. The third kappa shape index (κ3) is 4.32. The maximum absolute atomic E-state index is 3.65. The third-order valence-electron chi connectivity index (χ3n) is 4.11. The van der Waals surface area contributed by atoms with Crippen LogP contribution in [-0.2, 0) is 0 Å². The van der Waals surface area contributed by atoms with Crippen molar-refractivity contribution in [1.29, 1.82) is 0 Å². The lowest BCUT2D eigenvalue weighted by atomic mass is 9.97. The lowest BCUT2D eigenvalue weighted by Crippen LogP contribution is -2.46. The Morgan fingerprint density at radius 1 is 1.05 bits per heavy atom. The maximum atomic E-state index is 3.65. The van der Waals surface area contributed by atoms with E-state index in [1.54, 1.807) is 0 Å². The lowest BCUT2D eigenvalue weighted by molar-refractivity contribution is 0.128. The van der Waals surface area contributed by atoms with Crippen LogP contribution in [0.4, 0.5) is 0 Å². The molecule has 0 bridgehead atoms. The Morgan fingerprint density at radius 3 is 2.16 bits per heavy atom. The Kier molecular flexibility index (Phi) is 7.11. The van der Waals surface area contributed by atoms with Crippen molar-refractivity contribution in [2.75, 3.05) is 13.1 Å². The van der Waals surface area contributed by atoms with E-state index in [0.29, 0.717) is 18.1 Å². The Balaban J connectivity index is 2.91. The van der Waals surface area contributed by atoms with E-state index in [2.05, 4.69) is 75.2 Å². The summed E-state index contributed by atoms with van der Waals surface area (Å²) in [6.45, 7) is 13.5. The molecule has 0 aliphatic heterocycles. The van der Waals surface area contributed by atoms with E-state index in [-0.39, 0.29) is 0 Å². The number of benzene rings is 1. The molecule has 0 fully saturated rings. The molecule has 0 spiro atoms. The molecule has 0 amide bonds. The predicted octanol–water partition coefficient (Wildman–Crippen LogP) is 3.85. The van der Waals surface area contributed by atoms with E-state index in [4.69, 9.17) is 0 Å². The fraction of sp³-hybridized carbons (Fsp3) is 0.647. The van der Waals surface area contributed by atoms with E-state index in [9.17, 15) is 0 Å². The van der Waals surface area contributed by atoms with Gasteiger partial charge >= 0.3 is 0 Å². The molecule has 1 aromatic carbocycles. The standard InChI is InChI=1S/C17H30N2/c1-6-14(4)19(8-3)15(5)17(18-7-2)16-12-10-9-11-13-16/h9-15,17-18H,6-8H2,1-5H3. The molecule has 1 N–H and O–H groups in total. The van der Waals surface area contributed by atoms with E-state index in [1.165, 1.54) is 12.0 Å². The molecule has 19 heavy (non-hydrogen) atoms. The number of likely N-dealkylation sites (N-methyl/N-ethyl adjacent to an activating group) is 2. The molecule has 2 nitrogen and oxygen atoms in total. The van der Waals surface area contributed by atoms with Crippen LogP contribution in [0.1, 0.15) is 52.6 Å². The first-order valence-corrected chi connectivity index (χ1v) is 7.69. The predicted molar refractivity (Wildman–Crippen MR) is 84.5 cm³/mol. The van der Waals surface area contributed by atoms with Gasteiger partial charge in [0.25, 0.3) is 0 Å². The summed E-state index contributed by atoms with van der Waals surface area (Å²) in [5.41, 5.74) is 1.39. The molecule has 108 valence electrons. The van der Waals surface area contributed by atoms with Crippen LogP contribution in [0.5, 0.6) is 0 Å². The quantitative estimate of drug-likeness (QED) is 0.765. The topological polar surface area (TPSA) is 15.3 Å². The van der Waals surface area contributed by atoms with Gasteiger partial charge in [-0.2, -0.15) is 0 Å². The van der Waals surface area contributed by atoms with Crippen LogP contribution in [0.2, 0.25) is 0 Å². The van der Waals surface area contributed by atoms with Gasteiger partial charge in [-0.05, 0) is 38.9 Å². The molecule has 0 aromatic heterocycles. The smallest absolute Gasteiger partial charge is 0.0475 e. The van der Waals surface area contributed by atoms with E-state index < -0.39 is 0 Å². The highest BCUT2D eigenvalue weighted by molar-refractivity contribution is 5.20. The van der Waals surface area contributed by atoms with Gasteiger partial charge in [-0.1, -0.05) is 51.1 Å². The van der Waals surface area contributed by atoms with Crippen molar-refractivity contribution in [2.45, 2.75) is 59.2 Å². The number of hydrogen-bond acceptors (Lipinski definition) is 2. The highest BCUT2D eigenvalue weighted by Crippen LogP contribution is 2.23. The number of rotatable bonds is 8. The third-order valence-corrected chi connectivity index (χ3v) is 4.11. The number of nitrogens with zero attached hydrogens (tertiary/aromatic N) is 1. The second-order valence-corrected chi connectivity index (χ2v) is 5.27. The molecule has 2 heteroatoms. The molecule has 3 atom stereocenters. The van der Waals surface area contributed by atoms with Crippen molar-refractivity contribution in [3.8, 4) is 0 Å². The van der Waals surface area contributed by atoms with Crippen molar-refractivity contribution in [2.24, 2.45) is 0 Å². The first-order chi connectivity index (χ1) is 9.15. The van der Waals surface area contributed by atoms with Gasteiger partial charge in [-0.3, -0.25) is 4.90 Å². The first-order valence-electron chi connectivity index (χ1n) is 7.69. The van der Waals surface area contributed by atoms with Gasteiger partial charge < -0.3 is 5.32 Å². The summed E-state index contributed by atoms with van der Waals surface area (Å²) in [5.74, 6) is 0. The molecule has 0 radical (unpaired) electrons. The summed E-state index contributed by atoms with van der Waals surface area (Å²) in [5, 5.41) is 3.65. The Bertz CT molecular complexity index is 336. The minimum atomic E-state index is 0.403. The van der Waals surface area contributed by atoms with Crippen LogP contribution in [0.3, 0.4) is 0 Å². The average Bonchev–Trinajstić information content (AvgIpc) is 2.46. The van der Waals surface area contributed by atoms with E-state index in [1.807, 2.05) is 0 Å². The van der Waals surface area contributed by atoms with Crippen LogP contribution in [0.25, 0.3) is 0 Å². The normalized spacial score (nSPS) is 16.3. The summed E-state index contributed by atoms with van der Waals surface area (Å²) >= 11 is 0. The zero-order valence-corrected chi connectivity index (χ0v) is 13.2. The second kappa shape index (κ2) is 8.34. The molecule has 0 aliphatic carbocycles. The van der Waals surface area contributed by atoms with Gasteiger partial charge in [0.15, 0.2) is 0 Å². The minimum Gasteiger partial charge on any atom is -0.309 e. The maximum Gasteiger partial charge on any atom is 0.0475 e. The Hall–Kier alpha value is -0.860. The van der Waals surface area contributed by atoms with Gasteiger partial charge in [0.1, 0.15) is 0 Å². The summed E-state index contributed by atoms with van der Waals surface area (Å²) in [4.78, 5) is 2.60. The number of hydrogen-bond donors (Lipinski definition) is 1. The molecule has 0 saturated heterocycles. The minimum absolute atomic E-state index is 0.403. The SMILES string of the molecule is CCNC(c1ccccc1)C(C)N(CC)C(C)CC. The fourth-order valence-electron chi connectivity index (χ4n) is 2.87. The molecule has 0 heterocycles. The fourth-order valence-corrected chi connectivity index (χ4v) is 2.87. The van der Waals surface area contributed by atoms with Crippen molar-refractivity contribution in [3.05, 3.63) is 35.9 Å². The molecule has 0 aliphatic rings. The highest BCUT2D eigenvalue weighted by atomic mass is 15.2. The highest BCUT2D eigenvalue weighted by Gasteiger charge is 2.25.